The van der Waals surface area contributed by atoms with Crippen molar-refractivity contribution in [2.24, 2.45) is 0 Å². The van der Waals surface area contributed by atoms with Gasteiger partial charge in [0.05, 0.1) is 0 Å². The predicted octanol–water partition coefficient (Wildman–Crippen LogP) is 3.60. The average molecular weight is 433 g/mol. The third kappa shape index (κ3) is 5.08. The summed E-state index contributed by atoms with van der Waals surface area (Å²) in [7, 11) is 0. The number of carbonyl (C=O) groups is 1. The SMILES string of the molecule is Cc1c(CCC(=O)N2CCN(CC=Cc3ccccc3)CC2)c(=O)oc2cc(O)ccc12. The molecule has 1 aliphatic rings. The van der Waals surface area contributed by atoms with E-state index in [2.05, 4.69) is 29.2 Å². The molecule has 6 heteroatoms. The molecule has 4 rings (SSSR count). The number of fused-ring (bicyclic) bond motifs is 1. The third-order valence-corrected chi connectivity index (χ3v) is 6.06. The van der Waals surface area contributed by atoms with E-state index >= 15 is 0 Å². The maximum absolute atomic E-state index is 12.7. The van der Waals surface area contributed by atoms with Crippen LogP contribution >= 0.6 is 0 Å². The van der Waals surface area contributed by atoms with E-state index in [-0.39, 0.29) is 18.1 Å². The van der Waals surface area contributed by atoms with Crippen molar-refractivity contribution in [3.05, 3.63) is 81.7 Å². The lowest BCUT2D eigenvalue weighted by molar-refractivity contribution is -0.132. The standard InChI is InChI=1S/C26H28N2O4/c1-19-22-10-9-21(29)18-24(22)32-26(31)23(19)11-12-25(30)28-16-14-27(15-17-28)13-5-8-20-6-3-2-4-7-20/h2-10,18,29H,11-17H2,1H3. The highest BCUT2D eigenvalue weighted by atomic mass is 16.4. The molecule has 0 radical (unpaired) electrons. The number of aryl methyl sites for hydroxylation is 1. The molecule has 0 unspecified atom stereocenters. The minimum atomic E-state index is -0.441. The van der Waals surface area contributed by atoms with Gasteiger partial charge >= 0.3 is 5.63 Å². The zero-order valence-corrected chi connectivity index (χ0v) is 18.3. The lowest BCUT2D eigenvalue weighted by Crippen LogP contribution is -2.48. The molecule has 0 bridgehead atoms. The Labute approximate surface area is 187 Å². The summed E-state index contributed by atoms with van der Waals surface area (Å²) in [5, 5.41) is 10.4. The van der Waals surface area contributed by atoms with E-state index in [1.54, 1.807) is 12.1 Å². The molecule has 1 N–H and O–H groups in total. The first kappa shape index (κ1) is 21.8. The lowest BCUT2D eigenvalue weighted by atomic mass is 10.0. The molecule has 1 fully saturated rings. The molecule has 1 saturated heterocycles. The largest absolute Gasteiger partial charge is 0.508 e. The van der Waals surface area contributed by atoms with Crippen LogP contribution in [0.1, 0.15) is 23.1 Å². The summed E-state index contributed by atoms with van der Waals surface area (Å²) in [6.45, 7) is 5.80. The fourth-order valence-electron chi connectivity index (χ4n) is 4.14. The Morgan fingerprint density at radius 3 is 2.59 bits per heavy atom. The molecular weight excluding hydrogens is 404 g/mol. The zero-order valence-electron chi connectivity index (χ0n) is 18.3. The highest BCUT2D eigenvalue weighted by molar-refractivity contribution is 5.82. The first-order valence-electron chi connectivity index (χ1n) is 11.0. The third-order valence-electron chi connectivity index (χ3n) is 6.06. The van der Waals surface area contributed by atoms with Gasteiger partial charge in [-0.1, -0.05) is 42.5 Å². The van der Waals surface area contributed by atoms with Crippen LogP contribution in [0.5, 0.6) is 5.75 Å². The van der Waals surface area contributed by atoms with Gasteiger partial charge in [-0.15, -0.1) is 0 Å². The van der Waals surface area contributed by atoms with Gasteiger partial charge in [0.25, 0.3) is 0 Å². The van der Waals surface area contributed by atoms with E-state index in [9.17, 15) is 14.7 Å². The molecule has 2 aromatic carbocycles. The van der Waals surface area contributed by atoms with Crippen molar-refractivity contribution >= 4 is 23.0 Å². The van der Waals surface area contributed by atoms with Gasteiger partial charge in [-0.25, -0.2) is 4.79 Å². The number of phenols is 1. The molecule has 6 nitrogen and oxygen atoms in total. The Morgan fingerprint density at radius 2 is 1.84 bits per heavy atom. The van der Waals surface area contributed by atoms with E-state index in [4.69, 9.17) is 4.42 Å². The number of hydrogen-bond donors (Lipinski definition) is 1. The van der Waals surface area contributed by atoms with Crippen molar-refractivity contribution < 1.29 is 14.3 Å². The summed E-state index contributed by atoms with van der Waals surface area (Å²) < 4.78 is 5.36. The normalized spacial score (nSPS) is 15.0. The van der Waals surface area contributed by atoms with E-state index in [1.165, 1.54) is 11.6 Å². The van der Waals surface area contributed by atoms with Gasteiger partial charge in [-0.2, -0.15) is 0 Å². The number of nitrogens with zero attached hydrogens (tertiary/aromatic N) is 2. The Hall–Kier alpha value is -3.38. The minimum absolute atomic E-state index is 0.0534. The van der Waals surface area contributed by atoms with Gasteiger partial charge in [0.2, 0.25) is 5.91 Å². The Kier molecular flexibility index (Phi) is 6.71. The summed E-state index contributed by atoms with van der Waals surface area (Å²) >= 11 is 0. The second kappa shape index (κ2) is 9.83. The zero-order chi connectivity index (χ0) is 22.5. The molecule has 1 aliphatic heterocycles. The van der Waals surface area contributed by atoms with E-state index in [0.717, 1.165) is 30.6 Å². The van der Waals surface area contributed by atoms with E-state index < -0.39 is 5.63 Å². The van der Waals surface area contributed by atoms with Gasteiger partial charge in [-0.05, 0) is 36.6 Å². The van der Waals surface area contributed by atoms with Gasteiger partial charge in [-0.3, -0.25) is 9.69 Å². The summed E-state index contributed by atoms with van der Waals surface area (Å²) in [5.41, 5.74) is 2.44. The summed E-state index contributed by atoms with van der Waals surface area (Å²) in [4.78, 5) is 29.4. The average Bonchev–Trinajstić information content (AvgIpc) is 2.79. The topological polar surface area (TPSA) is 74.0 Å². The Morgan fingerprint density at radius 1 is 1.09 bits per heavy atom. The maximum atomic E-state index is 12.7. The number of amides is 1. The Balaban J connectivity index is 1.30. The molecule has 0 atom stereocenters. The van der Waals surface area contributed by atoms with Crippen LogP contribution < -0.4 is 5.63 Å². The van der Waals surface area contributed by atoms with Gasteiger partial charge in [0.1, 0.15) is 11.3 Å². The molecule has 0 spiro atoms. The fraction of sp³-hybridized carbons (Fsp3) is 0.308. The molecule has 0 saturated carbocycles. The Bertz CT molecular complexity index is 1180. The summed E-state index contributed by atoms with van der Waals surface area (Å²) in [6, 6.07) is 15.0. The molecule has 1 aromatic heterocycles. The molecular formula is C26H28N2O4. The number of rotatable bonds is 6. The highest BCUT2D eigenvalue weighted by Gasteiger charge is 2.21. The molecule has 166 valence electrons. The van der Waals surface area contributed by atoms with Crippen molar-refractivity contribution in [1.82, 2.24) is 9.80 Å². The van der Waals surface area contributed by atoms with Crippen molar-refractivity contribution in [2.75, 3.05) is 32.7 Å². The number of aromatic hydroxyl groups is 1. The number of carbonyl (C=O) groups excluding carboxylic acids is 1. The first-order valence-corrected chi connectivity index (χ1v) is 11.0. The molecule has 0 aliphatic carbocycles. The quantitative estimate of drug-likeness (QED) is 0.603. The highest BCUT2D eigenvalue weighted by Crippen LogP contribution is 2.24. The number of benzene rings is 2. The second-order valence-electron chi connectivity index (χ2n) is 8.17. The second-order valence-corrected chi connectivity index (χ2v) is 8.17. The van der Waals surface area contributed by atoms with Crippen molar-refractivity contribution in [3.8, 4) is 5.75 Å². The van der Waals surface area contributed by atoms with Gasteiger partial charge in [0, 0.05) is 56.2 Å². The minimum Gasteiger partial charge on any atom is -0.508 e. The summed E-state index contributed by atoms with van der Waals surface area (Å²) in [5.74, 6) is 0.117. The lowest BCUT2D eigenvalue weighted by Gasteiger charge is -2.34. The molecule has 32 heavy (non-hydrogen) atoms. The van der Waals surface area contributed by atoms with Gasteiger partial charge in [0.15, 0.2) is 0 Å². The van der Waals surface area contributed by atoms with Crippen LogP contribution in [-0.2, 0) is 11.2 Å². The van der Waals surface area contributed by atoms with E-state index in [1.807, 2.05) is 30.0 Å². The number of hydrogen-bond acceptors (Lipinski definition) is 5. The predicted molar refractivity (Wildman–Crippen MR) is 126 cm³/mol. The van der Waals surface area contributed by atoms with Crippen molar-refractivity contribution in [2.45, 2.75) is 19.8 Å². The van der Waals surface area contributed by atoms with Crippen molar-refractivity contribution in [1.29, 1.82) is 0 Å². The van der Waals surface area contributed by atoms with E-state index in [0.29, 0.717) is 30.7 Å². The molecule has 3 aromatic rings. The molecule has 1 amide bonds. The smallest absolute Gasteiger partial charge is 0.339 e. The summed E-state index contributed by atoms with van der Waals surface area (Å²) in [6.07, 6.45) is 4.91. The first-order chi connectivity index (χ1) is 15.5. The molecule has 2 heterocycles. The number of piperazine rings is 1. The van der Waals surface area contributed by atoms with Crippen LogP contribution in [0.25, 0.3) is 17.0 Å². The monoisotopic (exact) mass is 432 g/mol. The van der Waals surface area contributed by atoms with Crippen LogP contribution in [-0.4, -0.2) is 53.5 Å². The maximum Gasteiger partial charge on any atom is 0.339 e. The number of phenolic OH excluding ortho intramolecular Hbond substituents is 1. The van der Waals surface area contributed by atoms with Crippen LogP contribution in [0.2, 0.25) is 0 Å². The van der Waals surface area contributed by atoms with Crippen LogP contribution in [0.4, 0.5) is 0 Å². The fourth-order valence-corrected chi connectivity index (χ4v) is 4.14. The van der Waals surface area contributed by atoms with Crippen molar-refractivity contribution in [3.63, 3.8) is 0 Å². The van der Waals surface area contributed by atoms with Gasteiger partial charge < -0.3 is 14.4 Å². The van der Waals surface area contributed by atoms with Crippen LogP contribution in [0.3, 0.4) is 0 Å². The van der Waals surface area contributed by atoms with Crippen LogP contribution in [0.15, 0.2) is 63.8 Å². The van der Waals surface area contributed by atoms with Crippen LogP contribution in [0, 0.1) is 6.92 Å².